The molecule has 6 nitrogen and oxygen atoms in total. The summed E-state index contributed by atoms with van der Waals surface area (Å²) < 4.78 is 35.7. The van der Waals surface area contributed by atoms with Gasteiger partial charge in [-0.05, 0) is 42.7 Å². The van der Waals surface area contributed by atoms with Gasteiger partial charge < -0.3 is 5.32 Å². The van der Waals surface area contributed by atoms with Crippen LogP contribution in [0, 0.1) is 11.7 Å². The molecule has 122 valence electrons. The van der Waals surface area contributed by atoms with Crippen molar-refractivity contribution in [3.63, 3.8) is 0 Å². The van der Waals surface area contributed by atoms with Gasteiger partial charge in [0.1, 0.15) is 11.5 Å². The average Bonchev–Trinajstić information content (AvgIpc) is 3.12. The van der Waals surface area contributed by atoms with Gasteiger partial charge >= 0.3 is 0 Å². The summed E-state index contributed by atoms with van der Waals surface area (Å²) in [5.74, 6) is -0.406. The molecule has 0 radical (unpaired) electrons. The van der Waals surface area contributed by atoms with Crippen LogP contribution >= 0.6 is 0 Å². The van der Waals surface area contributed by atoms with E-state index in [4.69, 9.17) is 0 Å². The van der Waals surface area contributed by atoms with Gasteiger partial charge in [-0.2, -0.15) is 5.10 Å². The van der Waals surface area contributed by atoms with Crippen molar-refractivity contribution in [2.45, 2.75) is 6.42 Å². The van der Waals surface area contributed by atoms with Gasteiger partial charge in [0, 0.05) is 12.1 Å². The zero-order valence-electron chi connectivity index (χ0n) is 12.3. The molecule has 1 amide bonds. The number of aromatic nitrogens is 2. The van der Waals surface area contributed by atoms with Gasteiger partial charge in [0.2, 0.25) is 0 Å². The molecule has 2 heterocycles. The van der Waals surface area contributed by atoms with Gasteiger partial charge in [-0.15, -0.1) is 0 Å². The molecule has 2 N–H and O–H groups in total. The minimum atomic E-state index is -2.95. The summed E-state index contributed by atoms with van der Waals surface area (Å²) >= 11 is 0. The maximum absolute atomic E-state index is 12.9. The number of H-pyrrole nitrogens is 1. The lowest BCUT2D eigenvalue weighted by Gasteiger charge is -2.08. The third-order valence-corrected chi connectivity index (χ3v) is 5.68. The number of rotatable bonds is 4. The van der Waals surface area contributed by atoms with E-state index in [-0.39, 0.29) is 34.8 Å². The molecule has 8 heteroatoms. The topological polar surface area (TPSA) is 91.9 Å². The van der Waals surface area contributed by atoms with Crippen LogP contribution < -0.4 is 5.32 Å². The number of carbonyl (C=O) groups excluding carboxylic acids is 1. The molecule has 2 aromatic rings. The van der Waals surface area contributed by atoms with Crippen molar-refractivity contribution in [2.75, 3.05) is 18.1 Å². The van der Waals surface area contributed by atoms with Crippen molar-refractivity contribution in [1.29, 1.82) is 0 Å². The second-order valence-corrected chi connectivity index (χ2v) is 7.88. The Morgan fingerprint density at radius 1 is 1.35 bits per heavy atom. The van der Waals surface area contributed by atoms with Gasteiger partial charge in [-0.25, -0.2) is 12.8 Å². The lowest BCUT2D eigenvalue weighted by molar-refractivity contribution is 0.0943. The largest absolute Gasteiger partial charge is 0.350 e. The van der Waals surface area contributed by atoms with E-state index in [2.05, 4.69) is 15.5 Å². The highest BCUT2D eigenvalue weighted by molar-refractivity contribution is 7.91. The summed E-state index contributed by atoms with van der Waals surface area (Å²) in [6.07, 6.45) is 0.576. The fourth-order valence-corrected chi connectivity index (χ4v) is 4.43. The number of amides is 1. The molecule has 1 aromatic heterocycles. The fourth-order valence-electron chi connectivity index (χ4n) is 2.57. The Labute approximate surface area is 133 Å². The van der Waals surface area contributed by atoms with Crippen LogP contribution in [0.25, 0.3) is 11.3 Å². The molecule has 0 bridgehead atoms. The molecule has 1 unspecified atom stereocenters. The van der Waals surface area contributed by atoms with Gasteiger partial charge in [0.05, 0.1) is 17.2 Å². The average molecular weight is 337 g/mol. The van der Waals surface area contributed by atoms with Crippen molar-refractivity contribution in [3.8, 4) is 11.3 Å². The van der Waals surface area contributed by atoms with Crippen LogP contribution in [0.2, 0.25) is 0 Å². The molecule has 3 rings (SSSR count). The minimum Gasteiger partial charge on any atom is -0.350 e. The van der Waals surface area contributed by atoms with Crippen LogP contribution in [0.15, 0.2) is 30.3 Å². The number of nitrogens with zero attached hydrogens (tertiary/aromatic N) is 1. The van der Waals surface area contributed by atoms with Gasteiger partial charge in [-0.3, -0.25) is 9.89 Å². The fraction of sp³-hybridized carbons (Fsp3) is 0.333. The third-order valence-electron chi connectivity index (χ3n) is 3.84. The Morgan fingerprint density at radius 3 is 2.74 bits per heavy atom. The molecule has 0 aliphatic carbocycles. The Hall–Kier alpha value is -2.22. The Balaban J connectivity index is 1.61. The van der Waals surface area contributed by atoms with Crippen LogP contribution in [-0.4, -0.2) is 42.6 Å². The summed E-state index contributed by atoms with van der Waals surface area (Å²) in [6, 6.07) is 7.38. The van der Waals surface area contributed by atoms with E-state index in [0.29, 0.717) is 24.2 Å². The molecule has 1 atom stereocenters. The monoisotopic (exact) mass is 337 g/mol. The maximum atomic E-state index is 12.9. The van der Waals surface area contributed by atoms with Crippen molar-refractivity contribution >= 4 is 15.7 Å². The number of benzene rings is 1. The number of halogens is 1. The van der Waals surface area contributed by atoms with Gasteiger partial charge in [0.25, 0.3) is 5.91 Å². The Morgan fingerprint density at radius 2 is 2.09 bits per heavy atom. The second-order valence-electron chi connectivity index (χ2n) is 5.65. The summed E-state index contributed by atoms with van der Waals surface area (Å²) in [6.45, 7) is 0.322. The highest BCUT2D eigenvalue weighted by Gasteiger charge is 2.28. The molecule has 0 saturated carbocycles. The van der Waals surface area contributed by atoms with E-state index in [0.717, 1.165) is 0 Å². The summed E-state index contributed by atoms with van der Waals surface area (Å²) in [5, 5.41) is 9.39. The van der Waals surface area contributed by atoms with Crippen LogP contribution in [-0.2, 0) is 9.84 Å². The molecule has 1 aliphatic heterocycles. The maximum Gasteiger partial charge on any atom is 0.269 e. The molecule has 0 spiro atoms. The van der Waals surface area contributed by atoms with Crippen LogP contribution in [0.4, 0.5) is 4.39 Å². The zero-order valence-corrected chi connectivity index (χ0v) is 13.1. The zero-order chi connectivity index (χ0) is 16.4. The smallest absolute Gasteiger partial charge is 0.269 e. The number of hydrogen-bond donors (Lipinski definition) is 2. The summed E-state index contributed by atoms with van der Waals surface area (Å²) in [5.41, 5.74) is 1.52. The SMILES string of the molecule is O=C(NCC1CCS(=O)(=O)C1)c1cc(-c2ccc(F)cc2)n[nH]1. The predicted octanol–water partition coefficient (Wildman–Crippen LogP) is 1.38. The third kappa shape index (κ3) is 3.76. The lowest BCUT2D eigenvalue weighted by atomic mass is 10.1. The van der Waals surface area contributed by atoms with Crippen molar-refractivity contribution in [3.05, 3.63) is 41.8 Å². The first-order chi connectivity index (χ1) is 10.9. The lowest BCUT2D eigenvalue weighted by Crippen LogP contribution is -2.30. The summed E-state index contributed by atoms with van der Waals surface area (Å²) in [7, 11) is -2.95. The number of nitrogens with one attached hydrogen (secondary N) is 2. The van der Waals surface area contributed by atoms with E-state index in [1.165, 1.54) is 12.1 Å². The normalized spacial score (nSPS) is 19.6. The van der Waals surface area contributed by atoms with E-state index < -0.39 is 9.84 Å². The number of sulfone groups is 1. The number of carbonyl (C=O) groups is 1. The van der Waals surface area contributed by atoms with Crippen LogP contribution in [0.3, 0.4) is 0 Å². The molecule has 1 fully saturated rings. The Kier molecular flexibility index (Phi) is 4.16. The van der Waals surface area contributed by atoms with Crippen LogP contribution in [0.5, 0.6) is 0 Å². The van der Waals surface area contributed by atoms with Crippen molar-refractivity contribution in [1.82, 2.24) is 15.5 Å². The first kappa shape index (κ1) is 15.7. The summed E-state index contributed by atoms with van der Waals surface area (Å²) in [4.78, 5) is 12.1. The first-order valence-corrected chi connectivity index (χ1v) is 9.05. The molecular formula is C15H16FN3O3S. The minimum absolute atomic E-state index is 0.0385. The van der Waals surface area contributed by atoms with E-state index >= 15 is 0 Å². The molecule has 1 aromatic carbocycles. The molecule has 1 saturated heterocycles. The first-order valence-electron chi connectivity index (χ1n) is 7.23. The highest BCUT2D eigenvalue weighted by atomic mass is 32.2. The second kappa shape index (κ2) is 6.11. The predicted molar refractivity (Wildman–Crippen MR) is 83.1 cm³/mol. The molecular weight excluding hydrogens is 321 g/mol. The standard InChI is InChI=1S/C15H16FN3O3S/c16-12-3-1-11(2-4-12)13-7-14(19-18-13)15(20)17-8-10-5-6-23(21,22)9-10/h1-4,7,10H,5-6,8-9H2,(H,17,20)(H,18,19). The number of aromatic amines is 1. The number of hydrogen-bond acceptors (Lipinski definition) is 4. The molecule has 1 aliphatic rings. The van der Waals surface area contributed by atoms with Gasteiger partial charge in [0.15, 0.2) is 9.84 Å². The van der Waals surface area contributed by atoms with Gasteiger partial charge in [-0.1, -0.05) is 0 Å². The highest BCUT2D eigenvalue weighted by Crippen LogP contribution is 2.19. The Bertz CT molecular complexity index is 815. The van der Waals surface area contributed by atoms with E-state index in [1.54, 1.807) is 18.2 Å². The molecule has 23 heavy (non-hydrogen) atoms. The van der Waals surface area contributed by atoms with Crippen molar-refractivity contribution < 1.29 is 17.6 Å². The van der Waals surface area contributed by atoms with E-state index in [1.807, 2.05) is 0 Å². The van der Waals surface area contributed by atoms with E-state index in [9.17, 15) is 17.6 Å². The van der Waals surface area contributed by atoms with Crippen molar-refractivity contribution in [2.24, 2.45) is 5.92 Å². The van der Waals surface area contributed by atoms with Crippen LogP contribution in [0.1, 0.15) is 16.9 Å². The quantitative estimate of drug-likeness (QED) is 0.882.